The maximum Gasteiger partial charge on any atom is 0.117 e. The molecule has 0 aliphatic carbocycles. The summed E-state index contributed by atoms with van der Waals surface area (Å²) in [6.45, 7) is 4.94. The van der Waals surface area contributed by atoms with E-state index in [2.05, 4.69) is 26.9 Å². The molecule has 5 nitrogen and oxygen atoms in total. The molecule has 25 heavy (non-hydrogen) atoms. The lowest BCUT2D eigenvalue weighted by atomic mass is 9.97. The van der Waals surface area contributed by atoms with E-state index in [0.29, 0.717) is 12.0 Å². The van der Waals surface area contributed by atoms with E-state index in [1.807, 2.05) is 24.5 Å². The average Bonchev–Trinajstić information content (AvgIpc) is 3.27. The van der Waals surface area contributed by atoms with Gasteiger partial charge in [-0.15, -0.1) is 0 Å². The number of likely N-dealkylation sites (tertiary alicyclic amines) is 2. The SMILES string of the molecule is O[C@@H]1CN(C2CCN(Cc3ccco3)CC2)C[C@H]1Cc1ccncc1. The van der Waals surface area contributed by atoms with Gasteiger partial charge in [-0.25, -0.2) is 0 Å². The minimum absolute atomic E-state index is 0.214. The quantitative estimate of drug-likeness (QED) is 0.903. The van der Waals surface area contributed by atoms with Crippen molar-refractivity contribution >= 4 is 0 Å². The summed E-state index contributed by atoms with van der Waals surface area (Å²) >= 11 is 0. The van der Waals surface area contributed by atoms with Crippen molar-refractivity contribution in [2.75, 3.05) is 26.2 Å². The van der Waals surface area contributed by atoms with Crippen LogP contribution in [-0.2, 0) is 13.0 Å². The molecule has 0 bridgehead atoms. The summed E-state index contributed by atoms with van der Waals surface area (Å²) in [6, 6.07) is 8.72. The van der Waals surface area contributed by atoms with Crippen LogP contribution in [0.1, 0.15) is 24.2 Å². The molecule has 0 saturated carbocycles. The van der Waals surface area contributed by atoms with Crippen LogP contribution >= 0.6 is 0 Å². The summed E-state index contributed by atoms with van der Waals surface area (Å²) < 4.78 is 5.46. The molecule has 2 atom stereocenters. The molecule has 134 valence electrons. The highest BCUT2D eigenvalue weighted by Crippen LogP contribution is 2.27. The van der Waals surface area contributed by atoms with Crippen molar-refractivity contribution in [2.45, 2.75) is 38.0 Å². The smallest absolute Gasteiger partial charge is 0.117 e. The second-order valence-electron chi connectivity index (χ2n) is 7.43. The predicted octanol–water partition coefficient (Wildman–Crippen LogP) is 2.17. The highest BCUT2D eigenvalue weighted by Gasteiger charge is 2.36. The lowest BCUT2D eigenvalue weighted by Crippen LogP contribution is -2.44. The molecule has 4 heterocycles. The first-order valence-corrected chi connectivity index (χ1v) is 9.33. The lowest BCUT2D eigenvalue weighted by Gasteiger charge is -2.36. The van der Waals surface area contributed by atoms with Gasteiger partial charge in [0.1, 0.15) is 5.76 Å². The first-order chi connectivity index (χ1) is 12.3. The standard InChI is InChI=1S/C20H27N3O2/c24-20-15-23(13-17(20)12-16-3-7-21-8-4-16)18-5-9-22(10-6-18)14-19-2-1-11-25-19/h1-4,7-8,11,17-18,20,24H,5-6,9-10,12-15H2/t17-,20-/m1/s1. The number of piperidine rings is 1. The Morgan fingerprint density at radius 3 is 2.64 bits per heavy atom. The Morgan fingerprint density at radius 1 is 1.12 bits per heavy atom. The Kier molecular flexibility index (Phi) is 5.15. The molecule has 4 rings (SSSR count). The normalized spacial score (nSPS) is 26.3. The molecular weight excluding hydrogens is 314 g/mol. The van der Waals surface area contributed by atoms with Crippen LogP contribution in [-0.4, -0.2) is 58.2 Å². The molecule has 0 amide bonds. The van der Waals surface area contributed by atoms with E-state index in [1.165, 1.54) is 18.4 Å². The number of nitrogens with zero attached hydrogens (tertiary/aromatic N) is 3. The van der Waals surface area contributed by atoms with Crippen molar-refractivity contribution in [1.82, 2.24) is 14.8 Å². The third kappa shape index (κ3) is 4.11. The topological polar surface area (TPSA) is 52.7 Å². The van der Waals surface area contributed by atoms with Crippen LogP contribution in [0, 0.1) is 5.92 Å². The zero-order valence-electron chi connectivity index (χ0n) is 14.6. The van der Waals surface area contributed by atoms with Crippen LogP contribution in [0.25, 0.3) is 0 Å². The Bertz CT molecular complexity index is 638. The Balaban J connectivity index is 1.27. The van der Waals surface area contributed by atoms with E-state index < -0.39 is 0 Å². The Hall–Kier alpha value is -1.69. The largest absolute Gasteiger partial charge is 0.468 e. The van der Waals surface area contributed by atoms with E-state index in [0.717, 1.165) is 44.9 Å². The van der Waals surface area contributed by atoms with Crippen LogP contribution in [0.2, 0.25) is 0 Å². The first kappa shape index (κ1) is 16.8. The number of pyridine rings is 1. The maximum atomic E-state index is 10.5. The molecule has 0 radical (unpaired) electrons. The van der Waals surface area contributed by atoms with E-state index in [1.54, 1.807) is 6.26 Å². The van der Waals surface area contributed by atoms with Gasteiger partial charge in [0.25, 0.3) is 0 Å². The van der Waals surface area contributed by atoms with Crippen molar-refractivity contribution in [3.8, 4) is 0 Å². The van der Waals surface area contributed by atoms with E-state index in [4.69, 9.17) is 4.42 Å². The highest BCUT2D eigenvalue weighted by molar-refractivity contribution is 5.12. The van der Waals surface area contributed by atoms with Crippen LogP contribution in [0.15, 0.2) is 47.3 Å². The van der Waals surface area contributed by atoms with E-state index >= 15 is 0 Å². The number of rotatable bonds is 5. The van der Waals surface area contributed by atoms with Gasteiger partial charge in [0.15, 0.2) is 0 Å². The number of hydrogen-bond donors (Lipinski definition) is 1. The molecule has 2 saturated heterocycles. The molecule has 2 aromatic heterocycles. The van der Waals surface area contributed by atoms with Gasteiger partial charge in [0.2, 0.25) is 0 Å². The molecule has 2 aliphatic rings. The van der Waals surface area contributed by atoms with Crippen molar-refractivity contribution < 1.29 is 9.52 Å². The van der Waals surface area contributed by atoms with Crippen molar-refractivity contribution in [2.24, 2.45) is 5.92 Å². The predicted molar refractivity (Wildman–Crippen MR) is 96.0 cm³/mol. The van der Waals surface area contributed by atoms with E-state index in [-0.39, 0.29) is 6.10 Å². The van der Waals surface area contributed by atoms with Gasteiger partial charge in [0, 0.05) is 50.5 Å². The lowest BCUT2D eigenvalue weighted by molar-refractivity contribution is 0.101. The number of aliphatic hydroxyl groups excluding tert-OH is 1. The summed E-state index contributed by atoms with van der Waals surface area (Å²) in [5.74, 6) is 1.39. The van der Waals surface area contributed by atoms with E-state index in [9.17, 15) is 5.11 Å². The second kappa shape index (κ2) is 7.68. The zero-order chi connectivity index (χ0) is 17.1. The summed E-state index contributed by atoms with van der Waals surface area (Å²) in [4.78, 5) is 9.06. The van der Waals surface area contributed by atoms with Gasteiger partial charge >= 0.3 is 0 Å². The average molecular weight is 341 g/mol. The van der Waals surface area contributed by atoms with Gasteiger partial charge in [-0.3, -0.25) is 14.8 Å². The molecule has 0 aromatic carbocycles. The van der Waals surface area contributed by atoms with Gasteiger partial charge in [-0.05, 0) is 49.1 Å². The van der Waals surface area contributed by atoms with Gasteiger partial charge in [-0.2, -0.15) is 0 Å². The van der Waals surface area contributed by atoms with Gasteiger partial charge < -0.3 is 9.52 Å². The number of aliphatic hydroxyl groups is 1. The fourth-order valence-electron chi connectivity index (χ4n) is 4.27. The third-order valence-electron chi connectivity index (χ3n) is 5.72. The van der Waals surface area contributed by atoms with Crippen LogP contribution in [0.4, 0.5) is 0 Å². The van der Waals surface area contributed by atoms with Crippen LogP contribution in [0.5, 0.6) is 0 Å². The summed E-state index contributed by atoms with van der Waals surface area (Å²) in [7, 11) is 0. The van der Waals surface area contributed by atoms with Gasteiger partial charge in [-0.1, -0.05) is 0 Å². The molecule has 2 fully saturated rings. The molecule has 2 aliphatic heterocycles. The van der Waals surface area contributed by atoms with Crippen LogP contribution in [0.3, 0.4) is 0 Å². The minimum atomic E-state index is -0.214. The van der Waals surface area contributed by atoms with Crippen molar-refractivity contribution in [3.63, 3.8) is 0 Å². The van der Waals surface area contributed by atoms with Crippen molar-refractivity contribution in [3.05, 3.63) is 54.2 Å². The molecule has 5 heteroatoms. The Morgan fingerprint density at radius 2 is 1.92 bits per heavy atom. The molecule has 0 unspecified atom stereocenters. The zero-order valence-corrected chi connectivity index (χ0v) is 14.6. The molecule has 2 aromatic rings. The number of aromatic nitrogens is 1. The Labute approximate surface area is 149 Å². The van der Waals surface area contributed by atoms with Crippen LogP contribution < -0.4 is 0 Å². The molecule has 1 N–H and O–H groups in total. The first-order valence-electron chi connectivity index (χ1n) is 9.33. The second-order valence-corrected chi connectivity index (χ2v) is 7.43. The summed E-state index contributed by atoms with van der Waals surface area (Å²) in [5, 5.41) is 10.5. The summed E-state index contributed by atoms with van der Waals surface area (Å²) in [5.41, 5.74) is 1.27. The number of hydrogen-bond acceptors (Lipinski definition) is 5. The third-order valence-corrected chi connectivity index (χ3v) is 5.72. The number of furan rings is 1. The number of β-amino-alcohol motifs (C(OH)–C–C–N with tert-alkyl or cyclic N) is 1. The fourth-order valence-corrected chi connectivity index (χ4v) is 4.27. The maximum absolute atomic E-state index is 10.5. The monoisotopic (exact) mass is 341 g/mol. The highest BCUT2D eigenvalue weighted by atomic mass is 16.3. The fraction of sp³-hybridized carbons (Fsp3) is 0.550. The minimum Gasteiger partial charge on any atom is -0.468 e. The van der Waals surface area contributed by atoms with Crippen molar-refractivity contribution in [1.29, 1.82) is 0 Å². The van der Waals surface area contributed by atoms with Gasteiger partial charge in [0.05, 0.1) is 18.9 Å². The molecule has 0 spiro atoms. The molecular formula is C20H27N3O2. The summed E-state index contributed by atoms with van der Waals surface area (Å²) in [6.07, 6.45) is 8.50.